The van der Waals surface area contributed by atoms with Crippen LogP contribution in [-0.2, 0) is 11.3 Å². The van der Waals surface area contributed by atoms with Crippen molar-refractivity contribution in [2.75, 3.05) is 25.6 Å². The highest BCUT2D eigenvalue weighted by Crippen LogP contribution is 2.33. The van der Waals surface area contributed by atoms with Crippen LogP contribution in [0.1, 0.15) is 32.6 Å². The van der Waals surface area contributed by atoms with E-state index in [1.165, 1.54) is 0 Å². The molecule has 1 saturated carbocycles. The summed E-state index contributed by atoms with van der Waals surface area (Å²) in [6.07, 6.45) is 5.99. The third-order valence-electron chi connectivity index (χ3n) is 6.25. The van der Waals surface area contributed by atoms with Crippen LogP contribution in [0.25, 0.3) is 27.7 Å². The van der Waals surface area contributed by atoms with Crippen LogP contribution in [0, 0.1) is 0 Å². The van der Waals surface area contributed by atoms with Gasteiger partial charge >= 0.3 is 0 Å². The molecule has 0 amide bonds. The average Bonchev–Trinajstić information content (AvgIpc) is 3.46. The molecule has 33 heavy (non-hydrogen) atoms. The van der Waals surface area contributed by atoms with Crippen LogP contribution in [0.3, 0.4) is 0 Å². The number of fused-ring (bicyclic) bond motifs is 2. The molecule has 0 unspecified atom stereocenters. The lowest BCUT2D eigenvalue weighted by atomic mass is 9.93. The van der Waals surface area contributed by atoms with Crippen molar-refractivity contribution in [3.8, 4) is 17.0 Å². The largest absolute Gasteiger partial charge is 0.479 e. The fraction of sp³-hybridized carbons (Fsp3) is 0.478. The van der Waals surface area contributed by atoms with Crippen LogP contribution >= 0.6 is 0 Å². The molecule has 3 aromatic heterocycles. The van der Waals surface area contributed by atoms with Crippen LogP contribution < -0.4 is 10.1 Å². The lowest BCUT2D eigenvalue weighted by molar-refractivity contribution is 0.00718. The van der Waals surface area contributed by atoms with Crippen molar-refractivity contribution >= 4 is 22.5 Å². The number of nitrogens with zero attached hydrogens (tertiary/aromatic N) is 6. The van der Waals surface area contributed by atoms with E-state index in [-0.39, 0.29) is 18.8 Å². The monoisotopic (exact) mass is 451 g/mol. The molecule has 0 saturated heterocycles. The summed E-state index contributed by atoms with van der Waals surface area (Å²) in [5.74, 6) is 1.07. The van der Waals surface area contributed by atoms with E-state index in [4.69, 9.17) is 19.7 Å². The molecule has 10 nitrogen and oxygen atoms in total. The Kier molecular flexibility index (Phi) is 6.10. The zero-order valence-electron chi connectivity index (χ0n) is 18.9. The number of anilines is 1. The van der Waals surface area contributed by atoms with Crippen molar-refractivity contribution in [2.45, 2.75) is 51.3 Å². The van der Waals surface area contributed by atoms with E-state index in [0.29, 0.717) is 18.4 Å². The topological polar surface area (TPSA) is 112 Å². The minimum absolute atomic E-state index is 0.0671. The Labute approximate surface area is 191 Å². The zero-order chi connectivity index (χ0) is 22.8. The summed E-state index contributed by atoms with van der Waals surface area (Å²) in [5.41, 5.74) is 4.71. The number of aliphatic hydroxyl groups is 1. The highest BCUT2D eigenvalue weighted by Gasteiger charge is 2.23. The van der Waals surface area contributed by atoms with E-state index >= 15 is 0 Å². The van der Waals surface area contributed by atoms with Gasteiger partial charge in [0.25, 0.3) is 0 Å². The number of methoxy groups -OCH3 is 1. The first-order valence-electron chi connectivity index (χ1n) is 11.5. The summed E-state index contributed by atoms with van der Waals surface area (Å²) in [5, 5.41) is 25.5. The zero-order valence-corrected chi connectivity index (χ0v) is 18.9. The van der Waals surface area contributed by atoms with Gasteiger partial charge in [-0.05, 0) is 56.4 Å². The standard InChI is InChI=1S/C23H29N7O3/c1-3-29-20-14-15(4-9-19(20)26-28-29)18-10-11-30-21(18)22(32-2)25-23(27-30)24-16-5-7-17(8-6-16)33-13-12-31/h4,9-11,14,16-17,31H,3,5-8,12-13H2,1-2H3,(H,24,27). The Bertz CT molecular complexity index is 1240. The van der Waals surface area contributed by atoms with Gasteiger partial charge < -0.3 is 19.9 Å². The highest BCUT2D eigenvalue weighted by molar-refractivity contribution is 5.89. The number of benzene rings is 1. The first kappa shape index (κ1) is 21.6. The SMILES string of the molecule is CCn1nnc2ccc(-c3ccn4nc(NC5CCC(OCCO)CC5)nc(OC)c34)cc21. The molecule has 174 valence electrons. The first-order chi connectivity index (χ1) is 16.2. The summed E-state index contributed by atoms with van der Waals surface area (Å²) in [6.45, 7) is 3.28. The number of ether oxygens (including phenoxy) is 2. The molecule has 3 heterocycles. The number of nitrogens with one attached hydrogen (secondary N) is 1. The van der Waals surface area contributed by atoms with Gasteiger partial charge in [0.1, 0.15) is 11.0 Å². The van der Waals surface area contributed by atoms with Gasteiger partial charge in [-0.2, -0.15) is 4.98 Å². The molecule has 1 aromatic carbocycles. The van der Waals surface area contributed by atoms with Crippen LogP contribution in [0.2, 0.25) is 0 Å². The molecular weight excluding hydrogens is 422 g/mol. The van der Waals surface area contributed by atoms with E-state index in [1.807, 2.05) is 33.6 Å². The smallest absolute Gasteiger partial charge is 0.244 e. The molecule has 10 heteroatoms. The Morgan fingerprint density at radius 2 is 2.03 bits per heavy atom. The Morgan fingerprint density at radius 3 is 2.79 bits per heavy atom. The van der Waals surface area contributed by atoms with Gasteiger partial charge in [-0.3, -0.25) is 0 Å². The van der Waals surface area contributed by atoms with E-state index in [2.05, 4.69) is 33.6 Å². The van der Waals surface area contributed by atoms with Gasteiger partial charge in [0.05, 0.1) is 31.9 Å². The maximum atomic E-state index is 8.94. The molecule has 5 rings (SSSR count). The highest BCUT2D eigenvalue weighted by atomic mass is 16.5. The van der Waals surface area contributed by atoms with Gasteiger partial charge in [-0.1, -0.05) is 11.3 Å². The quantitative estimate of drug-likeness (QED) is 0.421. The maximum absolute atomic E-state index is 8.94. The van der Waals surface area contributed by atoms with Crippen molar-refractivity contribution in [3.05, 3.63) is 30.5 Å². The predicted octanol–water partition coefficient (Wildman–Crippen LogP) is 2.90. The Morgan fingerprint density at radius 1 is 1.18 bits per heavy atom. The minimum atomic E-state index is 0.0671. The summed E-state index contributed by atoms with van der Waals surface area (Å²) in [4.78, 5) is 4.67. The van der Waals surface area contributed by atoms with Crippen LogP contribution in [0.4, 0.5) is 5.95 Å². The molecule has 1 aliphatic rings. The molecule has 4 aromatic rings. The molecule has 0 bridgehead atoms. The number of hydrogen-bond donors (Lipinski definition) is 2. The Hall–Kier alpha value is -3.24. The van der Waals surface area contributed by atoms with E-state index in [1.54, 1.807) is 7.11 Å². The van der Waals surface area contributed by atoms with Crippen molar-refractivity contribution < 1.29 is 14.6 Å². The van der Waals surface area contributed by atoms with Gasteiger partial charge in [0.2, 0.25) is 11.8 Å². The molecule has 1 aliphatic carbocycles. The van der Waals surface area contributed by atoms with Crippen molar-refractivity contribution in [3.63, 3.8) is 0 Å². The number of aryl methyl sites for hydroxylation is 1. The summed E-state index contributed by atoms with van der Waals surface area (Å²) < 4.78 is 15.0. The first-order valence-corrected chi connectivity index (χ1v) is 11.5. The van der Waals surface area contributed by atoms with Crippen molar-refractivity contribution in [1.82, 2.24) is 29.6 Å². The predicted molar refractivity (Wildman–Crippen MR) is 124 cm³/mol. The van der Waals surface area contributed by atoms with E-state index in [0.717, 1.165) is 59.9 Å². The van der Waals surface area contributed by atoms with Crippen LogP contribution in [0.15, 0.2) is 30.5 Å². The molecule has 2 N–H and O–H groups in total. The van der Waals surface area contributed by atoms with E-state index in [9.17, 15) is 0 Å². The fourth-order valence-corrected chi connectivity index (χ4v) is 4.57. The second kappa shape index (κ2) is 9.32. The molecule has 0 spiro atoms. The lowest BCUT2D eigenvalue weighted by Gasteiger charge is -2.29. The van der Waals surface area contributed by atoms with Gasteiger partial charge in [-0.25, -0.2) is 9.20 Å². The number of rotatable bonds is 8. The second-order valence-corrected chi connectivity index (χ2v) is 8.29. The summed E-state index contributed by atoms with van der Waals surface area (Å²) in [6, 6.07) is 8.42. The third-order valence-corrected chi connectivity index (χ3v) is 6.25. The number of aliphatic hydroxyl groups excluding tert-OH is 1. The minimum Gasteiger partial charge on any atom is -0.479 e. The second-order valence-electron chi connectivity index (χ2n) is 8.29. The van der Waals surface area contributed by atoms with Crippen molar-refractivity contribution in [2.24, 2.45) is 0 Å². The van der Waals surface area contributed by atoms with Crippen LogP contribution in [0.5, 0.6) is 5.88 Å². The van der Waals surface area contributed by atoms with Crippen LogP contribution in [-0.4, -0.2) is 67.2 Å². The fourth-order valence-electron chi connectivity index (χ4n) is 4.57. The van der Waals surface area contributed by atoms with Gasteiger partial charge in [-0.15, -0.1) is 10.2 Å². The lowest BCUT2D eigenvalue weighted by Crippen LogP contribution is -2.31. The average molecular weight is 452 g/mol. The number of hydrogen-bond acceptors (Lipinski definition) is 8. The maximum Gasteiger partial charge on any atom is 0.244 e. The Balaban J connectivity index is 1.40. The molecular formula is C23H29N7O3. The van der Waals surface area contributed by atoms with Gasteiger partial charge in [0.15, 0.2) is 0 Å². The van der Waals surface area contributed by atoms with Crippen molar-refractivity contribution in [1.29, 1.82) is 0 Å². The normalized spacial score (nSPS) is 18.8. The molecule has 0 aliphatic heterocycles. The molecule has 1 fully saturated rings. The third kappa shape index (κ3) is 4.23. The van der Waals surface area contributed by atoms with E-state index < -0.39 is 0 Å². The molecule has 0 radical (unpaired) electrons. The molecule has 0 atom stereocenters. The van der Waals surface area contributed by atoms with Gasteiger partial charge in [0, 0.05) is 24.3 Å². The summed E-state index contributed by atoms with van der Waals surface area (Å²) >= 11 is 0. The summed E-state index contributed by atoms with van der Waals surface area (Å²) in [7, 11) is 1.63. The number of aromatic nitrogens is 6.